The Labute approximate surface area is 190 Å². The highest BCUT2D eigenvalue weighted by atomic mass is 35.5. The van der Waals surface area contributed by atoms with Gasteiger partial charge >= 0.3 is 0 Å². The molecule has 0 spiro atoms. The molecule has 4 rings (SSSR count). The second kappa shape index (κ2) is 9.28. The number of rotatable bonds is 6. The monoisotopic (exact) mass is 460 g/mol. The van der Waals surface area contributed by atoms with Crippen LogP contribution in [0.3, 0.4) is 0 Å². The molecule has 1 N–H and O–H groups in total. The van der Waals surface area contributed by atoms with Crippen molar-refractivity contribution in [3.05, 3.63) is 34.4 Å². The van der Waals surface area contributed by atoms with Gasteiger partial charge in [-0.1, -0.05) is 18.5 Å². The van der Waals surface area contributed by atoms with Crippen LogP contribution in [0.4, 0.5) is 11.5 Å². The largest absolute Gasteiger partial charge is 0.495 e. The number of fused-ring (bicyclic) bond motifs is 1. The number of carbonyl (C=O) groups is 1. The number of hydrogen-bond donors (Lipinski definition) is 1. The second-order valence-electron chi connectivity index (χ2n) is 7.44. The molecule has 1 saturated heterocycles. The minimum atomic E-state index is -0.173. The first kappa shape index (κ1) is 21.6. The van der Waals surface area contributed by atoms with Crippen molar-refractivity contribution in [3.8, 4) is 11.5 Å². The molecule has 0 bridgehead atoms. The zero-order chi connectivity index (χ0) is 22.0. The van der Waals surface area contributed by atoms with Gasteiger partial charge in [0.25, 0.3) is 0 Å². The van der Waals surface area contributed by atoms with Crippen molar-refractivity contribution < 1.29 is 14.3 Å². The molecule has 7 nitrogen and oxygen atoms in total. The van der Waals surface area contributed by atoms with Crippen molar-refractivity contribution in [3.63, 3.8) is 0 Å². The van der Waals surface area contributed by atoms with Crippen LogP contribution in [0.1, 0.15) is 24.6 Å². The summed E-state index contributed by atoms with van der Waals surface area (Å²) in [5.41, 5.74) is 0.533. The van der Waals surface area contributed by atoms with E-state index in [-0.39, 0.29) is 11.8 Å². The molecular formula is C22H25ClN4O3S. The van der Waals surface area contributed by atoms with E-state index in [1.54, 1.807) is 36.9 Å². The molecule has 1 amide bonds. The Morgan fingerprint density at radius 2 is 2.06 bits per heavy atom. The van der Waals surface area contributed by atoms with Crippen molar-refractivity contribution >= 4 is 50.6 Å². The van der Waals surface area contributed by atoms with E-state index in [2.05, 4.69) is 33.2 Å². The smallest absolute Gasteiger partial charge is 0.229 e. The number of nitrogens with zero attached hydrogens (tertiary/aromatic N) is 3. The van der Waals surface area contributed by atoms with Crippen LogP contribution in [-0.2, 0) is 11.2 Å². The molecule has 3 heterocycles. The molecule has 0 aliphatic carbocycles. The molecule has 9 heteroatoms. The lowest BCUT2D eigenvalue weighted by atomic mass is 9.96. The van der Waals surface area contributed by atoms with E-state index in [4.69, 9.17) is 21.1 Å². The van der Waals surface area contributed by atoms with Crippen molar-refractivity contribution in [1.82, 2.24) is 9.97 Å². The predicted molar refractivity (Wildman–Crippen MR) is 125 cm³/mol. The van der Waals surface area contributed by atoms with Crippen LogP contribution in [0.15, 0.2) is 24.5 Å². The maximum atomic E-state index is 13.1. The molecule has 2 aromatic heterocycles. The average molecular weight is 461 g/mol. The van der Waals surface area contributed by atoms with Gasteiger partial charge in [-0.25, -0.2) is 9.97 Å². The summed E-state index contributed by atoms with van der Waals surface area (Å²) in [6.07, 6.45) is 4.31. The summed E-state index contributed by atoms with van der Waals surface area (Å²) in [6.45, 7) is 3.60. The van der Waals surface area contributed by atoms with Gasteiger partial charge in [0.15, 0.2) is 0 Å². The number of benzene rings is 1. The van der Waals surface area contributed by atoms with Crippen molar-refractivity contribution in [2.75, 3.05) is 37.5 Å². The molecule has 1 fully saturated rings. The maximum Gasteiger partial charge on any atom is 0.229 e. The standard InChI is InChI=1S/C22H25ClN4O3S/c1-4-14-8-15-20(24-12-25-22(15)31-14)27-7-5-6-13(11-27)21(28)26-17-9-16(23)18(29-2)10-19(17)30-3/h8-10,12-13H,4-7,11H2,1-3H3,(H,26,28)/t13-/m1/s1. The molecule has 3 aromatic rings. The summed E-state index contributed by atoms with van der Waals surface area (Å²) in [7, 11) is 3.09. The minimum Gasteiger partial charge on any atom is -0.495 e. The number of anilines is 2. The van der Waals surface area contributed by atoms with Gasteiger partial charge in [0, 0.05) is 24.0 Å². The van der Waals surface area contributed by atoms with Gasteiger partial charge < -0.3 is 19.7 Å². The van der Waals surface area contributed by atoms with Crippen LogP contribution in [0.25, 0.3) is 10.2 Å². The first-order valence-corrected chi connectivity index (χ1v) is 11.4. The van der Waals surface area contributed by atoms with Gasteiger partial charge in [0.05, 0.1) is 36.2 Å². The van der Waals surface area contributed by atoms with E-state index in [9.17, 15) is 4.79 Å². The van der Waals surface area contributed by atoms with Gasteiger partial charge in [-0.05, 0) is 31.4 Å². The lowest BCUT2D eigenvalue weighted by Gasteiger charge is -2.33. The first-order chi connectivity index (χ1) is 15.0. The number of amides is 1. The Morgan fingerprint density at radius 3 is 2.81 bits per heavy atom. The molecular weight excluding hydrogens is 436 g/mol. The molecule has 31 heavy (non-hydrogen) atoms. The molecule has 164 valence electrons. The molecule has 1 atom stereocenters. The van der Waals surface area contributed by atoms with Crippen molar-refractivity contribution in [1.29, 1.82) is 0 Å². The number of aryl methyl sites for hydroxylation is 1. The zero-order valence-electron chi connectivity index (χ0n) is 17.8. The molecule has 0 unspecified atom stereocenters. The zero-order valence-corrected chi connectivity index (χ0v) is 19.3. The molecule has 1 aliphatic rings. The SMILES string of the molecule is CCc1cc2c(N3CCC[C@@H](C(=O)Nc4cc(Cl)c(OC)cc4OC)C3)ncnc2s1. The summed E-state index contributed by atoms with van der Waals surface area (Å²) in [5.74, 6) is 1.67. The third-order valence-electron chi connectivity index (χ3n) is 5.53. The van der Waals surface area contributed by atoms with E-state index in [1.807, 2.05) is 0 Å². The van der Waals surface area contributed by atoms with Crippen LogP contribution in [0, 0.1) is 5.92 Å². The van der Waals surface area contributed by atoms with E-state index in [0.717, 1.165) is 41.8 Å². The lowest BCUT2D eigenvalue weighted by molar-refractivity contribution is -0.120. The van der Waals surface area contributed by atoms with E-state index in [1.165, 1.54) is 12.0 Å². The van der Waals surface area contributed by atoms with Crippen LogP contribution in [0.2, 0.25) is 5.02 Å². The van der Waals surface area contributed by atoms with Gasteiger partial charge in [-0.3, -0.25) is 4.79 Å². The lowest BCUT2D eigenvalue weighted by Crippen LogP contribution is -2.41. The number of piperidine rings is 1. The fraction of sp³-hybridized carbons (Fsp3) is 0.409. The Morgan fingerprint density at radius 1 is 1.26 bits per heavy atom. The number of methoxy groups -OCH3 is 2. The van der Waals surface area contributed by atoms with Crippen LogP contribution in [0.5, 0.6) is 11.5 Å². The molecule has 1 aliphatic heterocycles. The van der Waals surface area contributed by atoms with E-state index in [0.29, 0.717) is 28.8 Å². The van der Waals surface area contributed by atoms with Gasteiger partial charge in [0.2, 0.25) is 5.91 Å². The molecule has 0 radical (unpaired) electrons. The van der Waals surface area contributed by atoms with E-state index < -0.39 is 0 Å². The number of ether oxygens (including phenoxy) is 2. The van der Waals surface area contributed by atoms with E-state index >= 15 is 0 Å². The molecule has 1 aromatic carbocycles. The number of halogens is 1. The highest BCUT2D eigenvalue weighted by Crippen LogP contribution is 2.37. The minimum absolute atomic E-state index is 0.0610. The van der Waals surface area contributed by atoms with Crippen LogP contribution in [-0.4, -0.2) is 43.2 Å². The normalized spacial score (nSPS) is 16.4. The topological polar surface area (TPSA) is 76.6 Å². The predicted octanol–water partition coefficient (Wildman–Crippen LogP) is 4.78. The number of aromatic nitrogens is 2. The maximum absolute atomic E-state index is 13.1. The van der Waals surface area contributed by atoms with Crippen LogP contribution < -0.4 is 19.7 Å². The van der Waals surface area contributed by atoms with Gasteiger partial charge in [0.1, 0.15) is 28.5 Å². The summed E-state index contributed by atoms with van der Waals surface area (Å²) < 4.78 is 10.6. The first-order valence-electron chi connectivity index (χ1n) is 10.2. The van der Waals surface area contributed by atoms with Crippen molar-refractivity contribution in [2.24, 2.45) is 5.92 Å². The second-order valence-corrected chi connectivity index (χ2v) is 8.97. The summed E-state index contributed by atoms with van der Waals surface area (Å²) in [5, 5.41) is 4.46. The number of nitrogens with one attached hydrogen (secondary N) is 1. The highest BCUT2D eigenvalue weighted by molar-refractivity contribution is 7.18. The fourth-order valence-corrected chi connectivity index (χ4v) is 5.07. The summed E-state index contributed by atoms with van der Waals surface area (Å²) >= 11 is 7.95. The third-order valence-corrected chi connectivity index (χ3v) is 7.01. The van der Waals surface area contributed by atoms with Gasteiger partial charge in [-0.2, -0.15) is 0 Å². The summed E-state index contributed by atoms with van der Waals surface area (Å²) in [4.78, 5) is 26.5. The highest BCUT2D eigenvalue weighted by Gasteiger charge is 2.28. The molecule has 0 saturated carbocycles. The number of carbonyl (C=O) groups excluding carboxylic acids is 1. The Hall–Kier alpha value is -2.58. The number of hydrogen-bond acceptors (Lipinski definition) is 7. The Kier molecular flexibility index (Phi) is 6.48. The Balaban J connectivity index is 1.54. The van der Waals surface area contributed by atoms with Crippen molar-refractivity contribution in [2.45, 2.75) is 26.2 Å². The summed E-state index contributed by atoms with van der Waals surface area (Å²) in [6, 6.07) is 5.50. The number of thiophene rings is 1. The third kappa shape index (κ3) is 4.41. The quantitative estimate of drug-likeness (QED) is 0.570. The fourth-order valence-electron chi connectivity index (χ4n) is 3.90. The Bertz CT molecular complexity index is 1100. The average Bonchev–Trinajstić information content (AvgIpc) is 3.23. The van der Waals surface area contributed by atoms with Crippen LogP contribution >= 0.6 is 22.9 Å². The van der Waals surface area contributed by atoms with Gasteiger partial charge in [-0.15, -0.1) is 11.3 Å².